The van der Waals surface area contributed by atoms with Crippen LogP contribution >= 0.6 is 0 Å². The van der Waals surface area contributed by atoms with E-state index in [-0.39, 0.29) is 32.5 Å². The summed E-state index contributed by atoms with van der Waals surface area (Å²) in [6, 6.07) is 54.1. The van der Waals surface area contributed by atoms with Crippen LogP contribution < -0.4 is 0 Å². The Morgan fingerprint density at radius 2 is 0.461 bits per heavy atom. The highest BCUT2D eigenvalue weighted by Crippen LogP contribution is 2.52. The Balaban J connectivity index is 1.27. The van der Waals surface area contributed by atoms with Crippen LogP contribution in [0, 0.1) is 0 Å². The Hall–Kier alpha value is -6.90. The monoisotopic (exact) mass is 993 g/mol. The molecule has 0 aliphatic rings. The summed E-state index contributed by atoms with van der Waals surface area (Å²) in [5, 5.41) is 15.7. The van der Waals surface area contributed by atoms with Crippen LogP contribution in [0.2, 0.25) is 0 Å². The summed E-state index contributed by atoms with van der Waals surface area (Å²) >= 11 is 0. The predicted molar refractivity (Wildman–Crippen MR) is 334 cm³/mol. The average Bonchev–Trinajstić information content (AvgIpc) is 4.22. The van der Waals surface area contributed by atoms with Crippen molar-refractivity contribution in [3.8, 4) is 22.3 Å². The maximum absolute atomic E-state index is 2.61. The molecule has 382 valence electrons. The van der Waals surface area contributed by atoms with Gasteiger partial charge in [-0.2, -0.15) is 0 Å². The summed E-state index contributed by atoms with van der Waals surface area (Å²) in [4.78, 5) is 0. The fourth-order valence-electron chi connectivity index (χ4n) is 13.0. The van der Waals surface area contributed by atoms with Crippen LogP contribution in [0.5, 0.6) is 0 Å². The number of fused-ring (bicyclic) bond motifs is 14. The number of benzene rings is 9. The first-order chi connectivity index (χ1) is 35.5. The number of aromatic nitrogens is 2. The van der Waals surface area contributed by atoms with Crippen molar-refractivity contribution in [2.45, 2.75) is 157 Å². The Bertz CT molecular complexity index is 4260. The second-order valence-electron chi connectivity index (χ2n) is 29.2. The molecule has 4 aromatic heterocycles. The molecule has 0 fully saturated rings. The topological polar surface area (TPSA) is 8.82 Å². The summed E-state index contributed by atoms with van der Waals surface area (Å²) in [6.07, 6.45) is 0. The van der Waals surface area contributed by atoms with Crippen molar-refractivity contribution in [2.24, 2.45) is 0 Å². The molecule has 13 aromatic rings. The maximum Gasteiger partial charge on any atom is 0.0620 e. The molecule has 0 unspecified atom stereocenters. The summed E-state index contributed by atoms with van der Waals surface area (Å²) in [5.74, 6) is 0. The third-order valence-corrected chi connectivity index (χ3v) is 17.7. The molecule has 2 heteroatoms. The van der Waals surface area contributed by atoms with Crippen molar-refractivity contribution < 1.29 is 0 Å². The minimum atomic E-state index is -0.0448. The predicted octanol–water partition coefficient (Wildman–Crippen LogP) is 21.4. The Morgan fingerprint density at radius 3 is 0.750 bits per heavy atom. The van der Waals surface area contributed by atoms with Crippen molar-refractivity contribution in [3.05, 3.63) is 167 Å². The summed E-state index contributed by atoms with van der Waals surface area (Å²) < 4.78 is 5.23. The van der Waals surface area contributed by atoms with E-state index < -0.39 is 0 Å². The molecule has 0 atom stereocenters. The molecule has 4 heterocycles. The Morgan fingerprint density at radius 1 is 0.211 bits per heavy atom. The average molecular weight is 993 g/mol. The lowest BCUT2D eigenvalue weighted by atomic mass is 9.81. The maximum atomic E-state index is 2.61. The Kier molecular flexibility index (Phi) is 9.87. The highest BCUT2D eigenvalue weighted by Gasteiger charge is 2.30. The van der Waals surface area contributed by atoms with Crippen molar-refractivity contribution in [1.82, 2.24) is 8.80 Å². The highest BCUT2D eigenvalue weighted by molar-refractivity contribution is 6.32. The van der Waals surface area contributed by atoms with Gasteiger partial charge in [-0.25, -0.2) is 0 Å². The van der Waals surface area contributed by atoms with Gasteiger partial charge in [0.25, 0.3) is 0 Å². The van der Waals surface area contributed by atoms with Crippen LogP contribution in [0.3, 0.4) is 0 Å². The zero-order chi connectivity index (χ0) is 53.9. The van der Waals surface area contributed by atoms with Gasteiger partial charge in [-0.15, -0.1) is 0 Å². The Labute approximate surface area is 450 Å². The molecule has 0 aliphatic carbocycles. The van der Waals surface area contributed by atoms with Gasteiger partial charge in [-0.1, -0.05) is 185 Å². The second-order valence-corrected chi connectivity index (χ2v) is 29.2. The van der Waals surface area contributed by atoms with Crippen LogP contribution in [-0.2, 0) is 32.5 Å². The lowest BCUT2D eigenvalue weighted by Crippen LogP contribution is -2.11. The van der Waals surface area contributed by atoms with E-state index in [1.165, 1.54) is 153 Å². The molecule has 0 bridgehead atoms. The molecule has 13 rings (SSSR count). The van der Waals surface area contributed by atoms with Crippen molar-refractivity contribution in [1.29, 1.82) is 0 Å². The standard InChI is InChI=1S/C74H76N2/c1-69(2,3)43-23-19-41(20-24-43)65-53-37-51-59-35-47(73(13,14)15)33-57-50-32-46(72(10,11)12)28-30-62(50)76(67(57)59)64(51)40-56(53)66(42-21-25-44(26-22-42)70(4,5)6)54-38-52-60-36-48(74(16,17)18)34-58-49-31-45(71(7,8)9)27-29-61(49)75(68(58)60)63(52)39-55(54)65/h19-40H,1-18H3. The fourth-order valence-corrected chi connectivity index (χ4v) is 13.0. The van der Waals surface area contributed by atoms with Gasteiger partial charge in [0.05, 0.1) is 33.1 Å². The van der Waals surface area contributed by atoms with Gasteiger partial charge in [-0.3, -0.25) is 0 Å². The molecular weight excluding hydrogens is 917 g/mol. The van der Waals surface area contributed by atoms with E-state index in [0.717, 1.165) is 0 Å². The molecule has 0 saturated carbocycles. The molecule has 0 aliphatic heterocycles. The highest BCUT2D eigenvalue weighted by atomic mass is 14.9. The van der Waals surface area contributed by atoms with Gasteiger partial charge in [0, 0.05) is 43.1 Å². The summed E-state index contributed by atoms with van der Waals surface area (Å²) in [5.41, 5.74) is 20.9. The SMILES string of the molecule is CC(C)(C)c1ccc(-c2c3cc4c5cc(C(C)(C)C)cc6c7cc(C(C)(C)C)ccc7n(c4cc3c(-c3ccc(C(C)(C)C)cc3)c3cc4c7cc(C(C)(C)C)cc8c9cc(C(C)(C)C)ccc9n(c4cc23)c87)c65)cc1. The fraction of sp³-hybridized carbons (Fsp3) is 0.324. The van der Waals surface area contributed by atoms with Crippen LogP contribution in [0.15, 0.2) is 133 Å². The van der Waals surface area contributed by atoms with Gasteiger partial charge in [0.1, 0.15) is 0 Å². The van der Waals surface area contributed by atoms with Crippen LogP contribution in [0.25, 0.3) is 120 Å². The largest absolute Gasteiger partial charge is 0.308 e. The van der Waals surface area contributed by atoms with Crippen LogP contribution in [0.1, 0.15) is 158 Å². The summed E-state index contributed by atoms with van der Waals surface area (Å²) in [6.45, 7) is 42.2. The van der Waals surface area contributed by atoms with Crippen molar-refractivity contribution in [3.63, 3.8) is 0 Å². The van der Waals surface area contributed by atoms with E-state index in [1.54, 1.807) is 0 Å². The van der Waals surface area contributed by atoms with E-state index in [0.29, 0.717) is 0 Å². The lowest BCUT2D eigenvalue weighted by Gasteiger charge is -2.22. The lowest BCUT2D eigenvalue weighted by molar-refractivity contribution is 0.590. The molecule has 0 amide bonds. The van der Waals surface area contributed by atoms with Gasteiger partial charge in [-0.05, 0) is 182 Å². The normalized spacial score (nSPS) is 13.9. The second kappa shape index (κ2) is 15.4. The molecule has 0 spiro atoms. The van der Waals surface area contributed by atoms with E-state index in [1.807, 2.05) is 0 Å². The zero-order valence-electron chi connectivity index (χ0n) is 48.6. The van der Waals surface area contributed by atoms with E-state index in [4.69, 9.17) is 0 Å². The minimum Gasteiger partial charge on any atom is -0.308 e. The first-order valence-electron chi connectivity index (χ1n) is 28.1. The quantitative estimate of drug-likeness (QED) is 0.153. The third-order valence-electron chi connectivity index (χ3n) is 17.7. The molecule has 0 saturated heterocycles. The number of hydrogen-bond acceptors (Lipinski definition) is 0. The van der Waals surface area contributed by atoms with Gasteiger partial charge < -0.3 is 8.80 Å². The van der Waals surface area contributed by atoms with Crippen molar-refractivity contribution in [2.75, 3.05) is 0 Å². The molecule has 0 radical (unpaired) electrons. The van der Waals surface area contributed by atoms with Crippen molar-refractivity contribution >= 4 is 97.7 Å². The first-order valence-corrected chi connectivity index (χ1v) is 28.1. The number of nitrogens with zero attached hydrogens (tertiary/aromatic N) is 2. The van der Waals surface area contributed by atoms with Crippen LogP contribution in [-0.4, -0.2) is 8.80 Å². The molecule has 2 nitrogen and oxygen atoms in total. The summed E-state index contributed by atoms with van der Waals surface area (Å²) in [7, 11) is 0. The van der Waals surface area contributed by atoms with E-state index in [9.17, 15) is 0 Å². The third kappa shape index (κ3) is 7.11. The smallest absolute Gasteiger partial charge is 0.0620 e. The first kappa shape index (κ1) is 48.7. The van der Waals surface area contributed by atoms with Gasteiger partial charge >= 0.3 is 0 Å². The molecule has 0 N–H and O–H groups in total. The number of rotatable bonds is 2. The van der Waals surface area contributed by atoms with E-state index >= 15 is 0 Å². The molecular formula is C74H76N2. The van der Waals surface area contributed by atoms with Gasteiger partial charge in [0.15, 0.2) is 0 Å². The zero-order valence-corrected chi connectivity index (χ0v) is 48.6. The minimum absolute atomic E-state index is 0.0200. The molecule has 76 heavy (non-hydrogen) atoms. The number of hydrogen-bond donors (Lipinski definition) is 0. The molecule has 9 aromatic carbocycles. The van der Waals surface area contributed by atoms with Gasteiger partial charge in [0.2, 0.25) is 0 Å². The van der Waals surface area contributed by atoms with E-state index in [2.05, 4.69) is 267 Å². The van der Waals surface area contributed by atoms with Crippen LogP contribution in [0.4, 0.5) is 0 Å².